The molecule has 0 bridgehead atoms. The van der Waals surface area contributed by atoms with Crippen LogP contribution in [-0.2, 0) is 11.2 Å². The van der Waals surface area contributed by atoms with Crippen LogP contribution in [0.3, 0.4) is 0 Å². The van der Waals surface area contributed by atoms with E-state index in [2.05, 4.69) is 4.98 Å². The number of allylic oxidation sites excluding steroid dienone is 2. The molecule has 0 spiro atoms. The lowest BCUT2D eigenvalue weighted by Crippen LogP contribution is -1.88. The number of aromatic nitrogens is 1. The number of nitrogens with zero attached hydrogens (tertiary/aromatic N) is 1. The molecule has 3 nitrogen and oxygen atoms in total. The Bertz CT molecular complexity index is 290. The zero-order valence-corrected chi connectivity index (χ0v) is 7.43. The number of hydrogen-bond donors (Lipinski definition) is 0. The van der Waals surface area contributed by atoms with Crippen LogP contribution in [0.4, 0.5) is 0 Å². The summed E-state index contributed by atoms with van der Waals surface area (Å²) in [6.07, 6.45) is 6.47. The van der Waals surface area contributed by atoms with Gasteiger partial charge in [-0.2, -0.15) is 0 Å². The van der Waals surface area contributed by atoms with Gasteiger partial charge in [-0.1, -0.05) is 12.1 Å². The van der Waals surface area contributed by atoms with Gasteiger partial charge in [0.15, 0.2) is 0 Å². The molecule has 1 aromatic heterocycles. The van der Waals surface area contributed by atoms with Crippen molar-refractivity contribution in [3.8, 4) is 5.88 Å². The minimum Gasteiger partial charge on any atom is -0.481 e. The van der Waals surface area contributed by atoms with E-state index >= 15 is 0 Å². The largest absolute Gasteiger partial charge is 0.481 e. The molecule has 0 amide bonds. The first kappa shape index (κ1) is 9.45. The van der Waals surface area contributed by atoms with Crippen LogP contribution >= 0.6 is 0 Å². The molecule has 68 valence electrons. The summed E-state index contributed by atoms with van der Waals surface area (Å²) in [5.74, 6) is 0.600. The van der Waals surface area contributed by atoms with E-state index in [0.29, 0.717) is 5.88 Å². The lowest BCUT2D eigenvalue weighted by molar-refractivity contribution is -0.104. The molecule has 1 aromatic rings. The summed E-state index contributed by atoms with van der Waals surface area (Å²) < 4.78 is 4.91. The Morgan fingerprint density at radius 2 is 2.38 bits per heavy atom. The van der Waals surface area contributed by atoms with Crippen molar-refractivity contribution in [1.29, 1.82) is 0 Å². The molecule has 0 aliphatic heterocycles. The molecule has 0 aromatic carbocycles. The molecule has 0 N–H and O–H groups in total. The third kappa shape index (κ3) is 3.07. The molecule has 1 heterocycles. The van der Waals surface area contributed by atoms with Crippen LogP contribution in [-0.4, -0.2) is 18.4 Å². The zero-order chi connectivity index (χ0) is 9.52. The Morgan fingerprint density at radius 1 is 1.54 bits per heavy atom. The van der Waals surface area contributed by atoms with Crippen molar-refractivity contribution >= 4 is 6.29 Å². The Balaban J connectivity index is 2.58. The fourth-order valence-corrected chi connectivity index (χ4v) is 0.912. The van der Waals surface area contributed by atoms with Gasteiger partial charge in [-0.3, -0.25) is 4.79 Å². The number of rotatable bonds is 4. The minimum absolute atomic E-state index is 0.600. The van der Waals surface area contributed by atoms with Crippen molar-refractivity contribution in [3.05, 3.63) is 36.0 Å². The maximum absolute atomic E-state index is 9.97. The summed E-state index contributed by atoms with van der Waals surface area (Å²) in [7, 11) is 1.58. The van der Waals surface area contributed by atoms with E-state index in [4.69, 9.17) is 4.74 Å². The first-order valence-electron chi connectivity index (χ1n) is 3.96. The molecule has 0 fully saturated rings. The molecule has 0 aliphatic carbocycles. The first-order chi connectivity index (χ1) is 6.36. The van der Waals surface area contributed by atoms with Gasteiger partial charge in [0.25, 0.3) is 0 Å². The summed E-state index contributed by atoms with van der Waals surface area (Å²) >= 11 is 0. The minimum atomic E-state index is 0.600. The van der Waals surface area contributed by atoms with Crippen molar-refractivity contribution in [2.45, 2.75) is 6.42 Å². The number of carbonyl (C=O) groups excluding carboxylic acids is 1. The van der Waals surface area contributed by atoms with Crippen LogP contribution in [0, 0.1) is 0 Å². The summed E-state index contributed by atoms with van der Waals surface area (Å²) in [5.41, 5.74) is 1.05. The highest BCUT2D eigenvalue weighted by Crippen LogP contribution is 2.07. The lowest BCUT2D eigenvalue weighted by Gasteiger charge is -1.98. The van der Waals surface area contributed by atoms with Gasteiger partial charge in [0.1, 0.15) is 6.29 Å². The average molecular weight is 177 g/mol. The quantitative estimate of drug-likeness (QED) is 0.515. The number of aldehydes is 1. The Hall–Kier alpha value is -1.64. The van der Waals surface area contributed by atoms with E-state index in [1.54, 1.807) is 25.4 Å². The van der Waals surface area contributed by atoms with E-state index in [1.807, 2.05) is 6.07 Å². The maximum Gasteiger partial charge on any atom is 0.212 e. The van der Waals surface area contributed by atoms with E-state index in [9.17, 15) is 4.79 Å². The van der Waals surface area contributed by atoms with Crippen LogP contribution in [0.2, 0.25) is 0 Å². The van der Waals surface area contributed by atoms with Crippen LogP contribution in [0.25, 0.3) is 0 Å². The maximum atomic E-state index is 9.97. The highest BCUT2D eigenvalue weighted by Gasteiger charge is 1.92. The van der Waals surface area contributed by atoms with Crippen molar-refractivity contribution in [3.63, 3.8) is 0 Å². The molecule has 0 saturated carbocycles. The Kier molecular flexibility index (Phi) is 3.70. The molecule has 3 heteroatoms. The van der Waals surface area contributed by atoms with Gasteiger partial charge in [-0.25, -0.2) is 4.98 Å². The topological polar surface area (TPSA) is 39.2 Å². The number of carbonyl (C=O) groups is 1. The van der Waals surface area contributed by atoms with Gasteiger partial charge in [-0.15, -0.1) is 0 Å². The summed E-state index contributed by atoms with van der Waals surface area (Å²) in [6, 6.07) is 3.71. The fraction of sp³-hybridized carbons (Fsp3) is 0.200. The molecule has 0 saturated heterocycles. The molecule has 0 radical (unpaired) electrons. The molecular formula is C10H11NO2. The smallest absolute Gasteiger partial charge is 0.212 e. The summed E-state index contributed by atoms with van der Waals surface area (Å²) in [5, 5.41) is 0. The number of pyridine rings is 1. The number of hydrogen-bond acceptors (Lipinski definition) is 3. The standard InChI is InChI=1S/C10H11NO2/c1-13-10-6-5-9(8-11-10)4-2-3-7-12/h2-3,5-8H,4H2,1H3. The van der Waals surface area contributed by atoms with Gasteiger partial charge in [0, 0.05) is 12.3 Å². The Labute approximate surface area is 77.1 Å². The number of methoxy groups -OCH3 is 1. The highest BCUT2D eigenvalue weighted by molar-refractivity contribution is 5.64. The van der Waals surface area contributed by atoms with Gasteiger partial charge in [-0.05, 0) is 18.1 Å². The molecule has 0 atom stereocenters. The van der Waals surface area contributed by atoms with Crippen molar-refractivity contribution in [2.24, 2.45) is 0 Å². The van der Waals surface area contributed by atoms with E-state index in [0.717, 1.165) is 18.3 Å². The Morgan fingerprint density at radius 3 is 2.92 bits per heavy atom. The predicted molar refractivity (Wildman–Crippen MR) is 49.7 cm³/mol. The van der Waals surface area contributed by atoms with Crippen LogP contribution in [0.1, 0.15) is 5.56 Å². The second-order valence-electron chi connectivity index (χ2n) is 2.48. The van der Waals surface area contributed by atoms with Crippen LogP contribution < -0.4 is 4.74 Å². The zero-order valence-electron chi connectivity index (χ0n) is 7.43. The number of ether oxygens (including phenoxy) is 1. The molecule has 0 unspecified atom stereocenters. The molecular weight excluding hydrogens is 166 g/mol. The van der Waals surface area contributed by atoms with Crippen LogP contribution in [0.5, 0.6) is 5.88 Å². The van der Waals surface area contributed by atoms with Crippen molar-refractivity contribution in [2.75, 3.05) is 7.11 Å². The SMILES string of the molecule is COc1ccc(CC=CC=O)cn1. The van der Waals surface area contributed by atoms with Crippen molar-refractivity contribution < 1.29 is 9.53 Å². The highest BCUT2D eigenvalue weighted by atomic mass is 16.5. The second kappa shape index (κ2) is 5.09. The summed E-state index contributed by atoms with van der Waals surface area (Å²) in [4.78, 5) is 14.0. The van der Waals surface area contributed by atoms with Gasteiger partial charge >= 0.3 is 0 Å². The molecule has 1 rings (SSSR count). The molecule has 0 aliphatic rings. The van der Waals surface area contributed by atoms with Crippen molar-refractivity contribution in [1.82, 2.24) is 4.98 Å². The summed E-state index contributed by atoms with van der Waals surface area (Å²) in [6.45, 7) is 0. The predicted octanol–water partition coefficient (Wildman–Crippen LogP) is 1.39. The first-order valence-corrected chi connectivity index (χ1v) is 3.96. The third-order valence-corrected chi connectivity index (χ3v) is 1.57. The van der Waals surface area contributed by atoms with Gasteiger partial charge in [0.05, 0.1) is 7.11 Å². The normalized spacial score (nSPS) is 10.2. The lowest BCUT2D eigenvalue weighted by atomic mass is 10.2. The van der Waals surface area contributed by atoms with Gasteiger partial charge in [0.2, 0.25) is 5.88 Å². The average Bonchev–Trinajstić information content (AvgIpc) is 2.19. The van der Waals surface area contributed by atoms with Gasteiger partial charge < -0.3 is 4.74 Å². The van der Waals surface area contributed by atoms with Crippen LogP contribution in [0.15, 0.2) is 30.5 Å². The van der Waals surface area contributed by atoms with E-state index in [1.165, 1.54) is 6.08 Å². The second-order valence-corrected chi connectivity index (χ2v) is 2.48. The monoisotopic (exact) mass is 177 g/mol. The van der Waals surface area contributed by atoms with E-state index < -0.39 is 0 Å². The molecule has 13 heavy (non-hydrogen) atoms. The third-order valence-electron chi connectivity index (χ3n) is 1.57. The fourth-order valence-electron chi connectivity index (χ4n) is 0.912. The van der Waals surface area contributed by atoms with E-state index in [-0.39, 0.29) is 0 Å².